The minimum Gasteiger partial charge on any atom is -0.369 e. The standard InChI is InChI=1S/C17H26BrN3/c1-3-4-5-6-7-11-17(2)13-20-16(19)21(17)15-10-8-9-14(18)12-15/h8-10,12H,3-7,11,13H2,1-2H3,(H2,19,20). The second-order valence-corrected chi connectivity index (χ2v) is 7.07. The molecule has 1 aromatic rings. The molecular formula is C17H26BrN3. The van der Waals surface area contributed by atoms with Crippen LogP contribution in [0.1, 0.15) is 52.4 Å². The molecule has 0 spiro atoms. The van der Waals surface area contributed by atoms with Crippen LogP contribution in [-0.2, 0) is 0 Å². The Morgan fingerprint density at radius 3 is 2.76 bits per heavy atom. The lowest BCUT2D eigenvalue weighted by Gasteiger charge is -2.36. The SMILES string of the molecule is CCCCCCCC1(C)CN=C(N)N1c1cccc(Br)c1. The number of unbranched alkanes of at least 4 members (excludes halogenated alkanes) is 4. The summed E-state index contributed by atoms with van der Waals surface area (Å²) in [4.78, 5) is 6.70. The molecule has 116 valence electrons. The third kappa shape index (κ3) is 4.00. The van der Waals surface area contributed by atoms with Crippen molar-refractivity contribution in [3.05, 3.63) is 28.7 Å². The van der Waals surface area contributed by atoms with E-state index in [-0.39, 0.29) is 5.54 Å². The first-order valence-electron chi connectivity index (χ1n) is 7.92. The van der Waals surface area contributed by atoms with Gasteiger partial charge in [-0.15, -0.1) is 0 Å². The summed E-state index contributed by atoms with van der Waals surface area (Å²) in [5, 5.41) is 0. The topological polar surface area (TPSA) is 41.6 Å². The Morgan fingerprint density at radius 2 is 2.05 bits per heavy atom. The molecule has 0 saturated carbocycles. The molecule has 0 aromatic heterocycles. The lowest BCUT2D eigenvalue weighted by atomic mass is 9.92. The van der Waals surface area contributed by atoms with Crippen molar-refractivity contribution in [1.82, 2.24) is 0 Å². The summed E-state index contributed by atoms with van der Waals surface area (Å²) in [6, 6.07) is 8.30. The van der Waals surface area contributed by atoms with Gasteiger partial charge in [0.05, 0.1) is 12.1 Å². The molecule has 0 fully saturated rings. The van der Waals surface area contributed by atoms with Gasteiger partial charge in [-0.05, 0) is 31.5 Å². The van der Waals surface area contributed by atoms with E-state index in [9.17, 15) is 0 Å². The van der Waals surface area contributed by atoms with E-state index in [0.717, 1.165) is 23.1 Å². The molecular weight excluding hydrogens is 326 g/mol. The van der Waals surface area contributed by atoms with Crippen LogP contribution in [0.5, 0.6) is 0 Å². The van der Waals surface area contributed by atoms with E-state index in [2.05, 4.69) is 51.8 Å². The Balaban J connectivity index is 2.04. The van der Waals surface area contributed by atoms with E-state index in [1.165, 1.54) is 32.1 Å². The summed E-state index contributed by atoms with van der Waals surface area (Å²) < 4.78 is 1.07. The first-order valence-corrected chi connectivity index (χ1v) is 8.72. The van der Waals surface area contributed by atoms with E-state index in [4.69, 9.17) is 5.73 Å². The van der Waals surface area contributed by atoms with Gasteiger partial charge >= 0.3 is 0 Å². The van der Waals surface area contributed by atoms with Crippen LogP contribution in [0, 0.1) is 0 Å². The highest BCUT2D eigenvalue weighted by molar-refractivity contribution is 9.10. The Bertz CT molecular complexity index is 501. The summed E-state index contributed by atoms with van der Waals surface area (Å²) in [5.74, 6) is 0.643. The molecule has 3 nitrogen and oxygen atoms in total. The van der Waals surface area contributed by atoms with Gasteiger partial charge in [0, 0.05) is 10.2 Å². The van der Waals surface area contributed by atoms with Gasteiger partial charge in [0.25, 0.3) is 0 Å². The number of guanidine groups is 1. The van der Waals surface area contributed by atoms with Crippen LogP contribution < -0.4 is 10.6 Å². The molecule has 1 aliphatic heterocycles. The fraction of sp³-hybridized carbons (Fsp3) is 0.588. The average Bonchev–Trinajstić information content (AvgIpc) is 2.74. The highest BCUT2D eigenvalue weighted by atomic mass is 79.9. The molecule has 2 N–H and O–H groups in total. The van der Waals surface area contributed by atoms with Gasteiger partial charge in [-0.25, -0.2) is 0 Å². The van der Waals surface area contributed by atoms with Crippen molar-refractivity contribution in [3.8, 4) is 0 Å². The van der Waals surface area contributed by atoms with Crippen molar-refractivity contribution in [2.75, 3.05) is 11.4 Å². The minimum absolute atomic E-state index is 0.0110. The highest BCUT2D eigenvalue weighted by Gasteiger charge is 2.38. The number of nitrogens with zero attached hydrogens (tertiary/aromatic N) is 2. The van der Waals surface area contributed by atoms with Crippen molar-refractivity contribution in [3.63, 3.8) is 0 Å². The number of anilines is 1. The predicted octanol–water partition coefficient (Wildman–Crippen LogP) is 4.70. The molecule has 4 heteroatoms. The number of hydrogen-bond donors (Lipinski definition) is 1. The first kappa shape index (κ1) is 16.3. The monoisotopic (exact) mass is 351 g/mol. The van der Waals surface area contributed by atoms with Crippen LogP contribution in [0.4, 0.5) is 5.69 Å². The smallest absolute Gasteiger partial charge is 0.196 e. The summed E-state index contributed by atoms with van der Waals surface area (Å²) in [7, 11) is 0. The van der Waals surface area contributed by atoms with Gasteiger partial charge in [-0.1, -0.05) is 61.0 Å². The molecule has 1 aromatic carbocycles. The minimum atomic E-state index is 0.0110. The largest absolute Gasteiger partial charge is 0.369 e. The average molecular weight is 352 g/mol. The maximum atomic E-state index is 6.15. The lowest BCUT2D eigenvalue weighted by Crippen LogP contribution is -2.50. The zero-order chi connectivity index (χ0) is 15.3. The zero-order valence-electron chi connectivity index (χ0n) is 13.1. The van der Waals surface area contributed by atoms with Crippen LogP contribution in [0.2, 0.25) is 0 Å². The lowest BCUT2D eigenvalue weighted by molar-refractivity contribution is 0.433. The normalized spacial score (nSPS) is 21.7. The van der Waals surface area contributed by atoms with Gasteiger partial charge in [-0.3, -0.25) is 4.99 Å². The number of hydrogen-bond acceptors (Lipinski definition) is 3. The van der Waals surface area contributed by atoms with Crippen LogP contribution >= 0.6 is 15.9 Å². The van der Waals surface area contributed by atoms with E-state index in [1.54, 1.807) is 0 Å². The number of rotatable bonds is 7. The van der Waals surface area contributed by atoms with E-state index >= 15 is 0 Å². The Kier molecular flexibility index (Phi) is 5.68. The summed E-state index contributed by atoms with van der Waals surface area (Å²) >= 11 is 3.54. The van der Waals surface area contributed by atoms with Crippen LogP contribution in [0.25, 0.3) is 0 Å². The van der Waals surface area contributed by atoms with Gasteiger partial charge in [-0.2, -0.15) is 0 Å². The van der Waals surface area contributed by atoms with E-state index in [1.807, 2.05) is 12.1 Å². The maximum Gasteiger partial charge on any atom is 0.196 e. The molecule has 1 heterocycles. The number of halogens is 1. The quantitative estimate of drug-likeness (QED) is 0.723. The second-order valence-electron chi connectivity index (χ2n) is 6.15. The first-order chi connectivity index (χ1) is 10.1. The van der Waals surface area contributed by atoms with Crippen molar-refractivity contribution < 1.29 is 0 Å². The molecule has 1 aliphatic rings. The number of aliphatic imine (C=N–C) groups is 1. The van der Waals surface area contributed by atoms with Crippen molar-refractivity contribution in [2.45, 2.75) is 57.9 Å². The van der Waals surface area contributed by atoms with Crippen LogP contribution in [-0.4, -0.2) is 18.0 Å². The van der Waals surface area contributed by atoms with Crippen molar-refractivity contribution in [2.24, 2.45) is 10.7 Å². The molecule has 0 aliphatic carbocycles. The fourth-order valence-corrected chi connectivity index (χ4v) is 3.42. The van der Waals surface area contributed by atoms with E-state index < -0.39 is 0 Å². The Morgan fingerprint density at radius 1 is 1.29 bits per heavy atom. The molecule has 1 unspecified atom stereocenters. The fourth-order valence-electron chi connectivity index (χ4n) is 3.03. The molecule has 21 heavy (non-hydrogen) atoms. The van der Waals surface area contributed by atoms with Crippen LogP contribution in [0.3, 0.4) is 0 Å². The molecule has 0 radical (unpaired) electrons. The molecule has 0 amide bonds. The van der Waals surface area contributed by atoms with Crippen molar-refractivity contribution >= 4 is 27.6 Å². The van der Waals surface area contributed by atoms with Crippen molar-refractivity contribution in [1.29, 1.82) is 0 Å². The van der Waals surface area contributed by atoms with E-state index in [0.29, 0.717) is 5.96 Å². The number of nitrogens with two attached hydrogens (primary N) is 1. The van der Waals surface area contributed by atoms with Crippen LogP contribution in [0.15, 0.2) is 33.7 Å². The molecule has 0 bridgehead atoms. The Hall–Kier alpha value is -1.03. The Labute approximate surface area is 136 Å². The summed E-state index contributed by atoms with van der Waals surface area (Å²) in [5.41, 5.74) is 7.28. The third-order valence-corrected chi connectivity index (χ3v) is 4.73. The highest BCUT2D eigenvalue weighted by Crippen LogP contribution is 2.33. The zero-order valence-corrected chi connectivity index (χ0v) is 14.7. The van der Waals surface area contributed by atoms with Gasteiger partial charge in [0.15, 0.2) is 5.96 Å². The van der Waals surface area contributed by atoms with Gasteiger partial charge in [0.1, 0.15) is 0 Å². The van der Waals surface area contributed by atoms with Gasteiger partial charge in [0.2, 0.25) is 0 Å². The predicted molar refractivity (Wildman–Crippen MR) is 94.9 cm³/mol. The summed E-state index contributed by atoms with van der Waals surface area (Å²) in [6.45, 7) is 5.32. The van der Waals surface area contributed by atoms with Gasteiger partial charge < -0.3 is 10.6 Å². The molecule has 2 rings (SSSR count). The second kappa shape index (κ2) is 7.30. The molecule has 0 saturated heterocycles. The summed E-state index contributed by atoms with van der Waals surface area (Å²) in [6.07, 6.45) is 7.63. The number of benzene rings is 1. The molecule has 1 atom stereocenters. The maximum absolute atomic E-state index is 6.15. The third-order valence-electron chi connectivity index (χ3n) is 4.24.